The van der Waals surface area contributed by atoms with Crippen molar-refractivity contribution in [2.45, 2.75) is 9.79 Å². The van der Waals surface area contributed by atoms with E-state index in [9.17, 15) is 37.8 Å². The first-order valence-electron chi connectivity index (χ1n) is 11.2. The van der Waals surface area contributed by atoms with Gasteiger partial charge < -0.3 is 24.5 Å². The molecular weight excluding hydrogens is 526 g/mol. The maximum Gasteiger partial charge on any atom is 0.266 e. The summed E-state index contributed by atoms with van der Waals surface area (Å²) < 4.78 is 31.5. The van der Waals surface area contributed by atoms with Crippen LogP contribution in [0.4, 0.5) is 5.69 Å². The van der Waals surface area contributed by atoms with Gasteiger partial charge >= 0.3 is 0 Å². The summed E-state index contributed by atoms with van der Waals surface area (Å²) in [4.78, 5) is 48.5. The van der Waals surface area contributed by atoms with E-state index in [1.807, 2.05) is 0 Å². The first-order chi connectivity index (χ1) is 18.6. The fourth-order valence-corrected chi connectivity index (χ4v) is 5.25. The fraction of sp³-hybridized carbons (Fsp3) is 0. The number of hydrogen-bond acceptors (Lipinski definition) is 9. The highest BCUT2D eigenvalue weighted by atomic mass is 32.2. The highest BCUT2D eigenvalue weighted by molar-refractivity contribution is 7.91. The molecule has 0 saturated heterocycles. The van der Waals surface area contributed by atoms with E-state index in [-0.39, 0.29) is 49.2 Å². The maximum absolute atomic E-state index is 13.0. The van der Waals surface area contributed by atoms with Crippen molar-refractivity contribution in [2.24, 2.45) is 0 Å². The Bertz CT molecular complexity index is 1760. The van der Waals surface area contributed by atoms with E-state index < -0.39 is 33.6 Å². The highest BCUT2D eigenvalue weighted by Gasteiger charge is 2.37. The summed E-state index contributed by atoms with van der Waals surface area (Å²) >= 11 is 0. The van der Waals surface area contributed by atoms with Crippen LogP contribution >= 0.6 is 0 Å². The van der Waals surface area contributed by atoms with E-state index in [1.54, 1.807) is 0 Å². The molecule has 0 spiro atoms. The first-order valence-corrected chi connectivity index (χ1v) is 12.7. The van der Waals surface area contributed by atoms with Gasteiger partial charge in [-0.15, -0.1) is 0 Å². The average Bonchev–Trinajstić information content (AvgIpc) is 3.18. The molecule has 1 aliphatic heterocycles. The number of ether oxygens (including phenoxy) is 1. The number of rotatable bonds is 7. The van der Waals surface area contributed by atoms with Crippen molar-refractivity contribution in [3.8, 4) is 11.5 Å². The molecule has 194 valence electrons. The third-order valence-corrected chi connectivity index (χ3v) is 7.77. The lowest BCUT2D eigenvalue weighted by molar-refractivity contribution is -0.256. The molecule has 0 fully saturated rings. The van der Waals surface area contributed by atoms with Crippen LogP contribution in [0.15, 0.2) is 101 Å². The predicted octanol–water partition coefficient (Wildman–Crippen LogP) is 1.84. The van der Waals surface area contributed by atoms with Gasteiger partial charge in [0, 0.05) is 0 Å². The lowest BCUT2D eigenvalue weighted by Crippen LogP contribution is -2.29. The number of carboxylic acids is 2. The number of sulfone groups is 1. The van der Waals surface area contributed by atoms with Gasteiger partial charge in [-0.2, -0.15) is 0 Å². The second-order valence-corrected chi connectivity index (χ2v) is 10.3. The largest absolute Gasteiger partial charge is 0.545 e. The molecule has 0 aromatic heterocycles. The Morgan fingerprint density at radius 1 is 0.615 bits per heavy atom. The number of carboxylic acid groups (broad SMARTS) is 2. The molecular formula is C28H15NO9S-2. The zero-order valence-electron chi connectivity index (χ0n) is 19.7. The van der Waals surface area contributed by atoms with Crippen LogP contribution in [0.1, 0.15) is 41.4 Å². The van der Waals surface area contributed by atoms with Gasteiger partial charge in [0.15, 0.2) is 0 Å². The molecule has 0 aliphatic carbocycles. The van der Waals surface area contributed by atoms with Crippen molar-refractivity contribution >= 4 is 39.3 Å². The van der Waals surface area contributed by atoms with Crippen molar-refractivity contribution in [2.75, 3.05) is 4.90 Å². The average molecular weight is 541 g/mol. The number of nitrogens with zero attached hydrogens (tertiary/aromatic N) is 1. The number of carbonyl (C=O) groups is 4. The van der Waals surface area contributed by atoms with Crippen molar-refractivity contribution in [1.82, 2.24) is 0 Å². The molecule has 0 bridgehead atoms. The van der Waals surface area contributed by atoms with Crippen LogP contribution in [0, 0.1) is 0 Å². The number of hydrogen-bond donors (Lipinski definition) is 0. The van der Waals surface area contributed by atoms with E-state index in [2.05, 4.69) is 0 Å². The number of fused-ring (bicyclic) bond motifs is 1. The minimum Gasteiger partial charge on any atom is -0.545 e. The van der Waals surface area contributed by atoms with Crippen LogP contribution in [0.25, 0.3) is 0 Å². The zero-order valence-corrected chi connectivity index (χ0v) is 20.5. The number of carbonyl (C=O) groups excluding carboxylic acids is 4. The van der Waals surface area contributed by atoms with Gasteiger partial charge in [-0.25, -0.2) is 13.3 Å². The first kappa shape index (κ1) is 25.4. The normalized spacial score (nSPS) is 12.8. The molecule has 0 N–H and O–H groups in total. The Balaban J connectivity index is 1.34. The molecule has 1 aliphatic rings. The maximum atomic E-state index is 13.0. The van der Waals surface area contributed by atoms with E-state index in [0.717, 1.165) is 17.0 Å². The lowest BCUT2D eigenvalue weighted by Gasteiger charge is -2.14. The fourth-order valence-electron chi connectivity index (χ4n) is 3.99. The molecule has 0 saturated carbocycles. The summed E-state index contributed by atoms with van der Waals surface area (Å²) in [5.41, 5.74) is 0.172. The molecule has 0 radical (unpaired) electrons. The smallest absolute Gasteiger partial charge is 0.266 e. The van der Waals surface area contributed by atoms with E-state index in [0.29, 0.717) is 0 Å². The molecule has 4 aromatic rings. The number of benzene rings is 4. The second-order valence-electron chi connectivity index (χ2n) is 8.38. The Labute approximate surface area is 221 Å². The summed E-state index contributed by atoms with van der Waals surface area (Å²) in [5, 5.41) is 21.9. The number of anilines is 1. The predicted molar refractivity (Wildman–Crippen MR) is 131 cm³/mol. The van der Waals surface area contributed by atoms with Crippen molar-refractivity contribution in [3.05, 3.63) is 113 Å². The topological polar surface area (TPSA) is 161 Å². The minimum absolute atomic E-state index is 0.0499. The van der Waals surface area contributed by atoms with Crippen LogP contribution in [-0.4, -0.2) is 32.2 Å². The summed E-state index contributed by atoms with van der Waals surface area (Å²) in [6, 6.07) is 19.5. The zero-order chi connectivity index (χ0) is 27.9. The van der Waals surface area contributed by atoms with Gasteiger partial charge in [0.25, 0.3) is 11.8 Å². The summed E-state index contributed by atoms with van der Waals surface area (Å²) in [5.74, 6) is -3.52. The van der Waals surface area contributed by atoms with Crippen LogP contribution in [0.5, 0.6) is 11.5 Å². The molecule has 10 nitrogen and oxygen atoms in total. The molecule has 0 atom stereocenters. The van der Waals surface area contributed by atoms with Crippen molar-refractivity contribution < 1.29 is 42.5 Å². The molecule has 2 amide bonds. The van der Waals surface area contributed by atoms with E-state index in [4.69, 9.17) is 4.74 Å². The van der Waals surface area contributed by atoms with Crippen LogP contribution in [-0.2, 0) is 9.84 Å². The molecule has 4 aromatic carbocycles. The number of amides is 2. The Hall–Kier alpha value is -5.29. The third-order valence-electron chi connectivity index (χ3n) is 5.99. The van der Waals surface area contributed by atoms with Gasteiger partial charge in [-0.1, -0.05) is 24.3 Å². The summed E-state index contributed by atoms with van der Waals surface area (Å²) in [7, 11) is -3.93. The quantitative estimate of drug-likeness (QED) is 0.318. The van der Waals surface area contributed by atoms with Crippen LogP contribution < -0.4 is 19.8 Å². The lowest BCUT2D eigenvalue weighted by atomic mass is 10.1. The van der Waals surface area contributed by atoms with E-state index in [1.165, 1.54) is 78.9 Å². The van der Waals surface area contributed by atoms with Crippen molar-refractivity contribution in [3.63, 3.8) is 0 Å². The van der Waals surface area contributed by atoms with Crippen LogP contribution in [0.3, 0.4) is 0 Å². The second kappa shape index (κ2) is 9.54. The minimum atomic E-state index is -3.93. The third kappa shape index (κ3) is 4.62. The van der Waals surface area contributed by atoms with Gasteiger partial charge in [0.05, 0.1) is 38.5 Å². The summed E-state index contributed by atoms with van der Waals surface area (Å²) in [6.07, 6.45) is 0. The molecule has 0 unspecified atom stereocenters. The summed E-state index contributed by atoms with van der Waals surface area (Å²) in [6.45, 7) is 0. The molecule has 39 heavy (non-hydrogen) atoms. The van der Waals surface area contributed by atoms with Gasteiger partial charge in [0.2, 0.25) is 9.84 Å². The van der Waals surface area contributed by atoms with E-state index >= 15 is 0 Å². The van der Waals surface area contributed by atoms with Crippen molar-refractivity contribution in [1.29, 1.82) is 0 Å². The Morgan fingerprint density at radius 3 is 1.62 bits per heavy atom. The Kier molecular flexibility index (Phi) is 6.21. The molecule has 1 heterocycles. The SMILES string of the molecule is O=C([O-])c1ccc(N2C(=O)c3ccc(Oc4ccc(S(=O)(=O)c5ccc(C(=O)[O-])cc5)cc4)cc3C2=O)cc1. The Morgan fingerprint density at radius 2 is 1.08 bits per heavy atom. The van der Waals surface area contributed by atoms with Crippen LogP contribution in [0.2, 0.25) is 0 Å². The standard InChI is InChI=1S/C28H17NO9S/c30-25-23-14-9-20(15-24(23)26(31)29(25)18-5-1-16(2-6-18)27(32)33)38-19-7-12-22(13-8-19)39(36,37)21-10-3-17(4-11-21)28(34)35/h1-15H,(H,32,33)(H,34,35)/p-2. The molecule has 5 rings (SSSR count). The highest BCUT2D eigenvalue weighted by Crippen LogP contribution is 2.33. The monoisotopic (exact) mass is 541 g/mol. The molecule has 11 heteroatoms. The number of aromatic carboxylic acids is 2. The van der Waals surface area contributed by atoms with Gasteiger partial charge in [-0.3, -0.25) is 9.59 Å². The van der Waals surface area contributed by atoms with Gasteiger partial charge in [-0.05, 0) is 77.9 Å². The van der Waals surface area contributed by atoms with Gasteiger partial charge in [0.1, 0.15) is 11.5 Å². The number of imide groups is 1.